The first-order chi connectivity index (χ1) is 11.0. The number of aliphatic hydroxyl groups excluding tert-OH is 1. The van der Waals surface area contributed by atoms with Crippen molar-refractivity contribution in [2.75, 3.05) is 5.32 Å². The Bertz CT molecular complexity index is 721. The quantitative estimate of drug-likeness (QED) is 0.812. The fourth-order valence-electron chi connectivity index (χ4n) is 2.81. The van der Waals surface area contributed by atoms with Gasteiger partial charge in [0.15, 0.2) is 0 Å². The van der Waals surface area contributed by atoms with Crippen LogP contribution in [0.2, 0.25) is 0 Å². The Morgan fingerprint density at radius 2 is 1.96 bits per heavy atom. The number of benzene rings is 2. The average molecular weight is 318 g/mol. The second kappa shape index (κ2) is 6.34. The van der Waals surface area contributed by atoms with Crippen LogP contribution in [-0.4, -0.2) is 17.2 Å². The van der Waals surface area contributed by atoms with Crippen LogP contribution in [0.5, 0.6) is 0 Å². The standard InChI is InChI=1S/C17H16F2N2O2/c18-16(19)11-5-3-6-12(8-11)20-17(23)21-15-13-7-2-1-4-10(13)9-14(15)22/h1-8,14-16,22H,9H2,(H2,20,21,23)/t14-,15+/m0/s1. The van der Waals surface area contributed by atoms with Gasteiger partial charge in [-0.05, 0) is 23.3 Å². The third kappa shape index (κ3) is 3.32. The first-order valence-corrected chi connectivity index (χ1v) is 7.26. The third-order valence-corrected chi connectivity index (χ3v) is 3.89. The Hall–Kier alpha value is -2.47. The van der Waals surface area contributed by atoms with Crippen molar-refractivity contribution < 1.29 is 18.7 Å². The molecule has 0 spiro atoms. The molecule has 0 aromatic heterocycles. The van der Waals surface area contributed by atoms with E-state index in [2.05, 4.69) is 10.6 Å². The van der Waals surface area contributed by atoms with E-state index in [1.54, 1.807) is 0 Å². The summed E-state index contributed by atoms with van der Waals surface area (Å²) < 4.78 is 25.3. The molecular formula is C17H16F2N2O2. The predicted molar refractivity (Wildman–Crippen MR) is 82.4 cm³/mol. The highest BCUT2D eigenvalue weighted by Crippen LogP contribution is 2.31. The fourth-order valence-corrected chi connectivity index (χ4v) is 2.81. The van der Waals surface area contributed by atoms with Gasteiger partial charge in [-0.1, -0.05) is 36.4 Å². The maximum absolute atomic E-state index is 12.7. The van der Waals surface area contributed by atoms with Crippen molar-refractivity contribution >= 4 is 11.7 Å². The van der Waals surface area contributed by atoms with Crippen LogP contribution in [0.4, 0.5) is 19.3 Å². The van der Waals surface area contributed by atoms with Gasteiger partial charge in [0, 0.05) is 17.7 Å². The summed E-state index contributed by atoms with van der Waals surface area (Å²) in [6.45, 7) is 0. The van der Waals surface area contributed by atoms with Gasteiger partial charge in [0.25, 0.3) is 6.43 Å². The minimum atomic E-state index is -2.59. The average Bonchev–Trinajstić information content (AvgIpc) is 2.83. The minimum absolute atomic E-state index is 0.158. The molecule has 0 radical (unpaired) electrons. The Morgan fingerprint density at radius 1 is 1.17 bits per heavy atom. The first kappa shape index (κ1) is 15.4. The largest absolute Gasteiger partial charge is 0.390 e. The van der Waals surface area contributed by atoms with Gasteiger partial charge >= 0.3 is 6.03 Å². The number of rotatable bonds is 3. The molecule has 2 aromatic carbocycles. The van der Waals surface area contributed by atoms with Gasteiger partial charge in [0.1, 0.15) is 0 Å². The maximum atomic E-state index is 12.7. The molecule has 6 heteroatoms. The molecule has 0 aliphatic heterocycles. The van der Waals surface area contributed by atoms with Gasteiger partial charge < -0.3 is 15.7 Å². The van der Waals surface area contributed by atoms with Crippen LogP contribution < -0.4 is 10.6 Å². The van der Waals surface area contributed by atoms with Crippen LogP contribution in [0.25, 0.3) is 0 Å². The fraction of sp³-hybridized carbons (Fsp3) is 0.235. The van der Waals surface area contributed by atoms with Crippen molar-refractivity contribution in [3.8, 4) is 0 Å². The van der Waals surface area contributed by atoms with E-state index < -0.39 is 24.6 Å². The summed E-state index contributed by atoms with van der Waals surface area (Å²) in [6, 6.07) is 11.9. The molecule has 1 aliphatic carbocycles. The van der Waals surface area contributed by atoms with Crippen LogP contribution in [-0.2, 0) is 6.42 Å². The van der Waals surface area contributed by atoms with Gasteiger partial charge in [-0.25, -0.2) is 13.6 Å². The lowest BCUT2D eigenvalue weighted by molar-refractivity contribution is 0.144. The summed E-state index contributed by atoms with van der Waals surface area (Å²) in [6.07, 6.45) is -2.82. The van der Waals surface area contributed by atoms with E-state index in [-0.39, 0.29) is 11.3 Å². The number of hydrogen-bond donors (Lipinski definition) is 3. The number of anilines is 1. The highest BCUT2D eigenvalue weighted by atomic mass is 19.3. The highest BCUT2D eigenvalue weighted by molar-refractivity contribution is 5.89. The van der Waals surface area contributed by atoms with Crippen molar-refractivity contribution in [1.29, 1.82) is 0 Å². The lowest BCUT2D eigenvalue weighted by atomic mass is 10.1. The van der Waals surface area contributed by atoms with E-state index in [1.807, 2.05) is 24.3 Å². The smallest absolute Gasteiger partial charge is 0.319 e. The summed E-state index contributed by atoms with van der Waals surface area (Å²) in [5.74, 6) is 0. The molecule has 2 amide bonds. The van der Waals surface area contributed by atoms with E-state index in [4.69, 9.17) is 0 Å². The van der Waals surface area contributed by atoms with Gasteiger partial charge in [0.05, 0.1) is 12.1 Å². The second-order valence-corrected chi connectivity index (χ2v) is 5.47. The molecule has 0 bridgehead atoms. The number of halogens is 2. The molecule has 0 fully saturated rings. The van der Waals surface area contributed by atoms with Crippen LogP contribution in [0, 0.1) is 0 Å². The molecule has 120 valence electrons. The normalized spacial score (nSPS) is 19.5. The van der Waals surface area contributed by atoms with E-state index in [0.29, 0.717) is 6.42 Å². The van der Waals surface area contributed by atoms with E-state index in [1.165, 1.54) is 24.3 Å². The number of alkyl halides is 2. The van der Waals surface area contributed by atoms with Crippen molar-refractivity contribution in [1.82, 2.24) is 5.32 Å². The molecule has 4 nitrogen and oxygen atoms in total. The summed E-state index contributed by atoms with van der Waals surface area (Å²) in [5, 5.41) is 15.3. The predicted octanol–water partition coefficient (Wildman–Crippen LogP) is 3.40. The number of carbonyl (C=O) groups excluding carboxylic acids is 1. The molecule has 0 heterocycles. The Morgan fingerprint density at radius 3 is 2.74 bits per heavy atom. The van der Waals surface area contributed by atoms with E-state index in [9.17, 15) is 18.7 Å². The molecule has 0 saturated heterocycles. The zero-order chi connectivity index (χ0) is 16.4. The van der Waals surface area contributed by atoms with E-state index >= 15 is 0 Å². The number of carbonyl (C=O) groups is 1. The van der Waals surface area contributed by atoms with Crippen molar-refractivity contribution in [3.05, 3.63) is 65.2 Å². The van der Waals surface area contributed by atoms with Crippen LogP contribution in [0.1, 0.15) is 29.2 Å². The number of nitrogens with one attached hydrogen (secondary N) is 2. The molecule has 2 atom stereocenters. The van der Waals surface area contributed by atoms with E-state index in [0.717, 1.165) is 11.1 Å². The number of amides is 2. The summed E-state index contributed by atoms with van der Waals surface area (Å²) in [7, 11) is 0. The number of urea groups is 1. The molecular weight excluding hydrogens is 302 g/mol. The molecule has 2 aromatic rings. The Kier molecular flexibility index (Phi) is 4.25. The zero-order valence-corrected chi connectivity index (χ0v) is 12.2. The zero-order valence-electron chi connectivity index (χ0n) is 12.2. The third-order valence-electron chi connectivity index (χ3n) is 3.89. The maximum Gasteiger partial charge on any atom is 0.319 e. The summed E-state index contributed by atoms with van der Waals surface area (Å²) in [4.78, 5) is 12.1. The molecule has 23 heavy (non-hydrogen) atoms. The van der Waals surface area contributed by atoms with Crippen LogP contribution in [0.15, 0.2) is 48.5 Å². The SMILES string of the molecule is O=C(Nc1cccc(C(F)F)c1)N[C@@H]1c2ccccc2C[C@@H]1O. The van der Waals surface area contributed by atoms with Crippen LogP contribution in [0.3, 0.4) is 0 Å². The first-order valence-electron chi connectivity index (χ1n) is 7.26. The molecule has 3 N–H and O–H groups in total. The monoisotopic (exact) mass is 318 g/mol. The molecule has 1 aliphatic rings. The molecule has 0 saturated carbocycles. The molecule has 3 rings (SSSR count). The lowest BCUT2D eigenvalue weighted by Crippen LogP contribution is -2.36. The van der Waals surface area contributed by atoms with Crippen molar-refractivity contribution in [2.45, 2.75) is 25.0 Å². The number of hydrogen-bond acceptors (Lipinski definition) is 2. The topological polar surface area (TPSA) is 61.4 Å². The second-order valence-electron chi connectivity index (χ2n) is 5.47. The molecule has 0 unspecified atom stereocenters. The Balaban J connectivity index is 1.69. The van der Waals surface area contributed by atoms with Crippen molar-refractivity contribution in [2.24, 2.45) is 0 Å². The summed E-state index contributed by atoms with van der Waals surface area (Å²) >= 11 is 0. The van der Waals surface area contributed by atoms with Gasteiger partial charge in [0.2, 0.25) is 0 Å². The highest BCUT2D eigenvalue weighted by Gasteiger charge is 2.31. The van der Waals surface area contributed by atoms with Crippen molar-refractivity contribution in [3.63, 3.8) is 0 Å². The number of fused-ring (bicyclic) bond motifs is 1. The van der Waals surface area contributed by atoms with Crippen LogP contribution >= 0.6 is 0 Å². The number of aliphatic hydroxyl groups is 1. The van der Waals surface area contributed by atoms with Gasteiger partial charge in [-0.2, -0.15) is 0 Å². The summed E-state index contributed by atoms with van der Waals surface area (Å²) in [5.41, 5.74) is 1.98. The van der Waals surface area contributed by atoms with Gasteiger partial charge in [-0.3, -0.25) is 0 Å². The lowest BCUT2D eigenvalue weighted by Gasteiger charge is -2.18. The van der Waals surface area contributed by atoms with Gasteiger partial charge in [-0.15, -0.1) is 0 Å². The minimum Gasteiger partial charge on any atom is -0.390 e. The Labute approximate surface area is 132 Å².